The Morgan fingerprint density at radius 1 is 1.23 bits per heavy atom. The number of hydrogen-bond donors (Lipinski definition) is 2. The molecule has 3 aromatic heterocycles. The third-order valence-corrected chi connectivity index (χ3v) is 8.25. The highest BCUT2D eigenvalue weighted by Crippen LogP contribution is 2.42. The number of fused-ring (bicyclic) bond motifs is 1. The van der Waals surface area contributed by atoms with E-state index >= 15 is 0 Å². The Balaban J connectivity index is 1.26. The molecule has 1 atom stereocenters. The van der Waals surface area contributed by atoms with E-state index in [1.807, 2.05) is 35.7 Å². The number of ether oxygens (including phenoxy) is 3. The summed E-state index contributed by atoms with van der Waals surface area (Å²) in [6.07, 6.45) is 6.07. The standard InChI is InChI=1S/C30H27ClN4O4S/c1-18(32)3-8-28-33-14-24(35-28)27-13-23-25(11-22(36-2)12-26(23)39-27)38-15-21-16-40-29(34-21)30(9-10-37-17-30)19-4-6-20(31)7-5-19/h3-8,11-14,16,32H,9-10,15,17H2,1-2H3,(H,33,35)/b8-3-,32-18?. The number of rotatable bonds is 9. The van der Waals surface area contributed by atoms with Crippen molar-refractivity contribution >= 4 is 45.7 Å². The first kappa shape index (κ1) is 26.3. The molecule has 0 bridgehead atoms. The van der Waals surface area contributed by atoms with Gasteiger partial charge in [0, 0.05) is 41.1 Å². The van der Waals surface area contributed by atoms with Crippen molar-refractivity contribution in [2.45, 2.75) is 25.4 Å². The molecule has 204 valence electrons. The second kappa shape index (κ2) is 10.9. The molecule has 0 amide bonds. The largest absolute Gasteiger partial charge is 0.496 e. The van der Waals surface area contributed by atoms with Crippen molar-refractivity contribution in [1.82, 2.24) is 15.0 Å². The fraction of sp³-hybridized carbons (Fsp3) is 0.233. The monoisotopic (exact) mass is 574 g/mol. The second-order valence-electron chi connectivity index (χ2n) is 9.66. The third-order valence-electron chi connectivity index (χ3n) is 6.91. The van der Waals surface area contributed by atoms with Crippen molar-refractivity contribution in [2.75, 3.05) is 20.3 Å². The number of H-pyrrole nitrogens is 1. The van der Waals surface area contributed by atoms with E-state index in [0.717, 1.165) is 28.1 Å². The van der Waals surface area contributed by atoms with Crippen molar-refractivity contribution in [2.24, 2.45) is 0 Å². The zero-order valence-corrected chi connectivity index (χ0v) is 23.6. The lowest BCUT2D eigenvalue weighted by molar-refractivity contribution is 0.184. The lowest BCUT2D eigenvalue weighted by atomic mass is 9.80. The number of aromatic nitrogens is 3. The average Bonchev–Trinajstić information content (AvgIpc) is 3.77. The number of allylic oxidation sites excluding steroid dienone is 1. The maximum Gasteiger partial charge on any atom is 0.155 e. The van der Waals surface area contributed by atoms with Crippen LogP contribution in [0.25, 0.3) is 28.5 Å². The molecule has 2 N–H and O–H groups in total. The summed E-state index contributed by atoms with van der Waals surface area (Å²) in [7, 11) is 1.61. The summed E-state index contributed by atoms with van der Waals surface area (Å²) in [5.74, 6) is 2.49. The van der Waals surface area contributed by atoms with Crippen LogP contribution in [0.4, 0.5) is 0 Å². The summed E-state index contributed by atoms with van der Waals surface area (Å²) in [6.45, 7) is 3.27. The minimum absolute atomic E-state index is 0.287. The minimum Gasteiger partial charge on any atom is -0.496 e. The van der Waals surface area contributed by atoms with Crippen molar-refractivity contribution in [3.63, 3.8) is 0 Å². The van der Waals surface area contributed by atoms with Gasteiger partial charge in [0.05, 0.1) is 30.2 Å². The molecule has 0 radical (unpaired) electrons. The van der Waals surface area contributed by atoms with E-state index in [2.05, 4.69) is 22.1 Å². The van der Waals surface area contributed by atoms with Gasteiger partial charge in [0.2, 0.25) is 0 Å². The summed E-state index contributed by atoms with van der Waals surface area (Å²) >= 11 is 7.77. The maximum absolute atomic E-state index is 7.57. The van der Waals surface area contributed by atoms with Gasteiger partial charge in [-0.1, -0.05) is 23.7 Å². The van der Waals surface area contributed by atoms with E-state index in [4.69, 9.17) is 40.6 Å². The Morgan fingerprint density at radius 3 is 2.83 bits per heavy atom. The molecule has 1 fully saturated rings. The number of furan rings is 1. The van der Waals surface area contributed by atoms with E-state index in [-0.39, 0.29) is 12.0 Å². The lowest BCUT2D eigenvalue weighted by Crippen LogP contribution is -2.28. The van der Waals surface area contributed by atoms with Crippen LogP contribution in [0.3, 0.4) is 0 Å². The fourth-order valence-corrected chi connectivity index (χ4v) is 5.97. The number of aromatic amines is 1. The molecule has 40 heavy (non-hydrogen) atoms. The summed E-state index contributed by atoms with van der Waals surface area (Å²) in [4.78, 5) is 12.6. The molecule has 1 saturated heterocycles. The first-order valence-electron chi connectivity index (χ1n) is 12.8. The fourth-order valence-electron chi connectivity index (χ4n) is 4.80. The summed E-state index contributed by atoms with van der Waals surface area (Å²) in [5.41, 5.74) is 3.43. The molecule has 2 aromatic carbocycles. The third kappa shape index (κ3) is 5.15. The SMILES string of the molecule is COc1cc(OCc2csc(C3(c4ccc(Cl)cc4)CCOC3)n2)c2cc(-c3c[nH]c(/C=C\C(C)=N)n3)oc2c1. The molecule has 6 rings (SSSR count). The van der Waals surface area contributed by atoms with Gasteiger partial charge in [-0.25, -0.2) is 9.97 Å². The number of methoxy groups -OCH3 is 1. The number of nitrogens with zero attached hydrogens (tertiary/aromatic N) is 2. The summed E-state index contributed by atoms with van der Waals surface area (Å²) in [6, 6.07) is 13.5. The molecule has 1 unspecified atom stereocenters. The van der Waals surface area contributed by atoms with Crippen molar-refractivity contribution < 1.29 is 18.6 Å². The number of halogens is 1. The van der Waals surface area contributed by atoms with E-state index in [9.17, 15) is 0 Å². The average molecular weight is 575 g/mol. The predicted octanol–water partition coefficient (Wildman–Crippen LogP) is 7.28. The Morgan fingerprint density at radius 2 is 2.08 bits per heavy atom. The summed E-state index contributed by atoms with van der Waals surface area (Å²) < 4.78 is 23.8. The van der Waals surface area contributed by atoms with Crippen LogP contribution in [0.15, 0.2) is 64.5 Å². The second-order valence-corrected chi connectivity index (χ2v) is 11.0. The number of hydrogen-bond acceptors (Lipinski definition) is 8. The van der Waals surface area contributed by atoms with Crippen LogP contribution in [0.2, 0.25) is 5.02 Å². The Hall–Kier alpha value is -3.92. The Labute approximate surface area is 240 Å². The number of nitrogens with one attached hydrogen (secondary N) is 2. The van der Waals surface area contributed by atoms with Crippen LogP contribution in [-0.2, 0) is 16.8 Å². The van der Waals surface area contributed by atoms with Crippen LogP contribution in [0, 0.1) is 5.41 Å². The van der Waals surface area contributed by atoms with Gasteiger partial charge in [-0.3, -0.25) is 0 Å². The van der Waals surface area contributed by atoms with E-state index < -0.39 is 0 Å². The van der Waals surface area contributed by atoms with Gasteiger partial charge in [-0.15, -0.1) is 11.3 Å². The molecular formula is C30H27ClN4O4S. The molecular weight excluding hydrogens is 548 g/mol. The quantitative estimate of drug-likeness (QED) is 0.179. The minimum atomic E-state index is -0.287. The van der Waals surface area contributed by atoms with E-state index in [1.54, 1.807) is 43.7 Å². The molecule has 1 aliphatic heterocycles. The van der Waals surface area contributed by atoms with Crippen molar-refractivity contribution in [3.05, 3.63) is 87.2 Å². The zero-order chi connectivity index (χ0) is 27.7. The van der Waals surface area contributed by atoms with E-state index in [1.165, 1.54) is 0 Å². The molecule has 5 aromatic rings. The first-order valence-corrected chi connectivity index (χ1v) is 14.0. The molecule has 10 heteroatoms. The molecule has 0 saturated carbocycles. The van der Waals surface area contributed by atoms with Crippen LogP contribution >= 0.6 is 22.9 Å². The maximum atomic E-state index is 7.57. The normalized spacial score (nSPS) is 17.2. The number of thiazole rings is 1. The topological polar surface area (TPSA) is 106 Å². The van der Waals surface area contributed by atoms with Gasteiger partial charge in [0.15, 0.2) is 5.76 Å². The molecule has 0 spiro atoms. The number of imidazole rings is 1. The van der Waals surface area contributed by atoms with Crippen LogP contribution in [-0.4, -0.2) is 41.0 Å². The summed E-state index contributed by atoms with van der Waals surface area (Å²) in [5, 5.41) is 12.1. The van der Waals surface area contributed by atoms with Crippen LogP contribution in [0.1, 0.15) is 35.4 Å². The molecule has 8 nitrogen and oxygen atoms in total. The van der Waals surface area contributed by atoms with Gasteiger partial charge < -0.3 is 29.0 Å². The van der Waals surface area contributed by atoms with Crippen LogP contribution in [0.5, 0.6) is 11.5 Å². The Kier molecular flexibility index (Phi) is 7.18. The highest BCUT2D eigenvalue weighted by molar-refractivity contribution is 7.09. The number of benzene rings is 2. The Bertz CT molecular complexity index is 1700. The molecule has 1 aliphatic rings. The van der Waals surface area contributed by atoms with Gasteiger partial charge >= 0.3 is 0 Å². The smallest absolute Gasteiger partial charge is 0.155 e. The van der Waals surface area contributed by atoms with Gasteiger partial charge in [-0.2, -0.15) is 0 Å². The lowest BCUT2D eigenvalue weighted by Gasteiger charge is -2.25. The molecule has 0 aliphatic carbocycles. The van der Waals surface area contributed by atoms with Gasteiger partial charge in [-0.05, 0) is 49.3 Å². The van der Waals surface area contributed by atoms with Gasteiger partial charge in [0.25, 0.3) is 0 Å². The molecule has 4 heterocycles. The van der Waals surface area contributed by atoms with E-state index in [0.29, 0.717) is 58.3 Å². The van der Waals surface area contributed by atoms with Crippen molar-refractivity contribution in [1.29, 1.82) is 5.41 Å². The zero-order valence-electron chi connectivity index (χ0n) is 22.0. The van der Waals surface area contributed by atoms with Crippen molar-refractivity contribution in [3.8, 4) is 23.0 Å². The van der Waals surface area contributed by atoms with Crippen LogP contribution < -0.4 is 9.47 Å². The highest BCUT2D eigenvalue weighted by Gasteiger charge is 2.41. The van der Waals surface area contributed by atoms with Gasteiger partial charge in [0.1, 0.15) is 40.2 Å². The first-order chi connectivity index (χ1) is 19.4. The highest BCUT2D eigenvalue weighted by atomic mass is 35.5. The predicted molar refractivity (Wildman–Crippen MR) is 157 cm³/mol.